The maximum Gasteiger partial charge on any atom is 0.136 e. The van der Waals surface area contributed by atoms with Crippen molar-refractivity contribution < 1.29 is 0 Å². The summed E-state index contributed by atoms with van der Waals surface area (Å²) in [4.78, 5) is 4.94. The van der Waals surface area contributed by atoms with Crippen LogP contribution >= 0.6 is 24.0 Å². The third-order valence-corrected chi connectivity index (χ3v) is 4.01. The molecule has 3 N–H and O–H groups in total. The Labute approximate surface area is 125 Å². The molecule has 5 heteroatoms. The minimum atomic E-state index is 0.362. The summed E-state index contributed by atoms with van der Waals surface area (Å²) < 4.78 is 0. The van der Waals surface area contributed by atoms with Crippen molar-refractivity contribution in [2.24, 2.45) is 5.73 Å². The van der Waals surface area contributed by atoms with Gasteiger partial charge in [-0.15, -0.1) is 0 Å². The zero-order valence-corrected chi connectivity index (χ0v) is 13.8. The van der Waals surface area contributed by atoms with E-state index in [0.717, 1.165) is 40.6 Å². The van der Waals surface area contributed by atoms with E-state index in [1.807, 2.05) is 31.7 Å². The van der Waals surface area contributed by atoms with Crippen molar-refractivity contribution in [3.05, 3.63) is 22.9 Å². The summed E-state index contributed by atoms with van der Waals surface area (Å²) in [5, 5.41) is 3.44. The van der Waals surface area contributed by atoms with Crippen LogP contribution in [0.4, 0.5) is 5.82 Å². The van der Waals surface area contributed by atoms with Crippen LogP contribution in [0.25, 0.3) is 0 Å². The van der Waals surface area contributed by atoms with Gasteiger partial charge < -0.3 is 11.1 Å². The first-order valence-electron chi connectivity index (χ1n) is 6.58. The highest BCUT2D eigenvalue weighted by Crippen LogP contribution is 2.20. The number of hydrogen-bond donors (Lipinski definition) is 2. The quantitative estimate of drug-likeness (QED) is 0.597. The third-order valence-electron chi connectivity index (χ3n) is 2.87. The molecule has 0 amide bonds. The van der Waals surface area contributed by atoms with E-state index in [1.54, 1.807) is 0 Å². The Hall–Kier alpha value is -0.810. The summed E-state index contributed by atoms with van der Waals surface area (Å²) in [7, 11) is 0. The molecule has 1 heterocycles. The standard InChI is InChI=1S/C14H23N3S2/c1-5-19-7-6-10(3)16-14-12(13(15)18)9(2)8-11(4)17-14/h8,10H,5-7H2,1-4H3,(H2,15,18)(H,16,17). The second kappa shape index (κ2) is 7.70. The van der Waals surface area contributed by atoms with Gasteiger partial charge in [-0.2, -0.15) is 11.8 Å². The molecule has 0 saturated carbocycles. The normalized spacial score (nSPS) is 12.2. The molecule has 1 aromatic heterocycles. The summed E-state index contributed by atoms with van der Waals surface area (Å²) >= 11 is 7.09. The number of nitrogens with one attached hydrogen (secondary N) is 1. The SMILES string of the molecule is CCSCCC(C)Nc1nc(C)cc(C)c1C(N)=S. The average molecular weight is 297 g/mol. The van der Waals surface area contributed by atoms with Gasteiger partial charge in [0.2, 0.25) is 0 Å². The van der Waals surface area contributed by atoms with Gasteiger partial charge in [-0.1, -0.05) is 19.1 Å². The summed E-state index contributed by atoms with van der Waals surface area (Å²) in [5.41, 5.74) is 8.74. The van der Waals surface area contributed by atoms with E-state index >= 15 is 0 Å². The Bertz CT molecular complexity index is 447. The molecule has 3 nitrogen and oxygen atoms in total. The Morgan fingerprint density at radius 1 is 1.53 bits per heavy atom. The highest BCUT2D eigenvalue weighted by atomic mass is 32.2. The number of pyridine rings is 1. The van der Waals surface area contributed by atoms with E-state index in [2.05, 4.69) is 24.1 Å². The van der Waals surface area contributed by atoms with Crippen LogP contribution in [0.1, 0.15) is 37.1 Å². The van der Waals surface area contributed by atoms with Crippen molar-refractivity contribution in [3.8, 4) is 0 Å². The van der Waals surface area contributed by atoms with Gasteiger partial charge in [-0.05, 0) is 50.3 Å². The Morgan fingerprint density at radius 3 is 2.79 bits per heavy atom. The van der Waals surface area contributed by atoms with Crippen molar-refractivity contribution in [1.82, 2.24) is 4.98 Å². The van der Waals surface area contributed by atoms with Gasteiger partial charge >= 0.3 is 0 Å². The van der Waals surface area contributed by atoms with Crippen LogP contribution in [0, 0.1) is 13.8 Å². The molecule has 0 bridgehead atoms. The summed E-state index contributed by atoms with van der Waals surface area (Å²) in [5.74, 6) is 3.13. The molecule has 1 atom stereocenters. The van der Waals surface area contributed by atoms with Gasteiger partial charge in [0.1, 0.15) is 10.8 Å². The molecule has 0 aliphatic carbocycles. The third kappa shape index (κ3) is 4.99. The van der Waals surface area contributed by atoms with Gasteiger partial charge in [0.25, 0.3) is 0 Å². The molecule has 1 aromatic rings. The molecule has 19 heavy (non-hydrogen) atoms. The monoisotopic (exact) mass is 297 g/mol. The van der Waals surface area contributed by atoms with E-state index in [1.165, 1.54) is 0 Å². The lowest BCUT2D eigenvalue weighted by atomic mass is 10.1. The lowest BCUT2D eigenvalue weighted by Gasteiger charge is -2.18. The number of aromatic nitrogens is 1. The molecule has 0 radical (unpaired) electrons. The van der Waals surface area contributed by atoms with Crippen molar-refractivity contribution in [1.29, 1.82) is 0 Å². The number of anilines is 1. The van der Waals surface area contributed by atoms with E-state index < -0.39 is 0 Å². The molecule has 0 aliphatic rings. The van der Waals surface area contributed by atoms with Crippen LogP contribution in [-0.2, 0) is 0 Å². The van der Waals surface area contributed by atoms with Crippen molar-refractivity contribution in [3.63, 3.8) is 0 Å². The minimum absolute atomic E-state index is 0.362. The Kier molecular flexibility index (Phi) is 6.58. The fourth-order valence-electron chi connectivity index (χ4n) is 1.96. The van der Waals surface area contributed by atoms with Crippen LogP contribution in [0.2, 0.25) is 0 Å². The molecule has 0 aliphatic heterocycles. The Balaban J connectivity index is 2.84. The number of aryl methyl sites for hydroxylation is 2. The number of nitrogens with two attached hydrogens (primary N) is 1. The van der Waals surface area contributed by atoms with E-state index in [4.69, 9.17) is 18.0 Å². The summed E-state index contributed by atoms with van der Waals surface area (Å²) in [6.07, 6.45) is 1.10. The molecule has 106 valence electrons. The zero-order valence-electron chi connectivity index (χ0n) is 12.1. The molecule has 0 aromatic carbocycles. The first-order valence-corrected chi connectivity index (χ1v) is 8.14. The summed E-state index contributed by atoms with van der Waals surface area (Å²) in [6.45, 7) is 8.35. The highest BCUT2D eigenvalue weighted by Gasteiger charge is 2.13. The predicted molar refractivity (Wildman–Crippen MR) is 90.3 cm³/mol. The van der Waals surface area contributed by atoms with Crippen molar-refractivity contribution in [2.45, 2.75) is 40.2 Å². The minimum Gasteiger partial charge on any atom is -0.389 e. The molecule has 1 unspecified atom stereocenters. The molecule has 0 saturated heterocycles. The van der Waals surface area contributed by atoms with Crippen LogP contribution in [0.3, 0.4) is 0 Å². The van der Waals surface area contributed by atoms with Gasteiger partial charge in [0.05, 0.1) is 5.56 Å². The van der Waals surface area contributed by atoms with Gasteiger partial charge in [-0.3, -0.25) is 0 Å². The van der Waals surface area contributed by atoms with E-state index in [-0.39, 0.29) is 0 Å². The highest BCUT2D eigenvalue weighted by molar-refractivity contribution is 7.99. The maximum atomic E-state index is 5.81. The molecular formula is C14H23N3S2. The van der Waals surface area contributed by atoms with Gasteiger partial charge in [0.15, 0.2) is 0 Å². The maximum absolute atomic E-state index is 5.81. The molecule has 0 spiro atoms. The van der Waals surface area contributed by atoms with Crippen LogP contribution < -0.4 is 11.1 Å². The first kappa shape index (κ1) is 16.2. The first-order chi connectivity index (χ1) is 8.95. The van der Waals surface area contributed by atoms with E-state index in [9.17, 15) is 0 Å². The lowest BCUT2D eigenvalue weighted by molar-refractivity contribution is 0.765. The van der Waals surface area contributed by atoms with Crippen molar-refractivity contribution >= 4 is 34.8 Å². The molecular weight excluding hydrogens is 274 g/mol. The second-order valence-electron chi connectivity index (χ2n) is 4.70. The number of rotatable bonds is 7. The number of hydrogen-bond acceptors (Lipinski definition) is 4. The Morgan fingerprint density at radius 2 is 2.21 bits per heavy atom. The van der Waals surface area contributed by atoms with Crippen molar-refractivity contribution in [2.75, 3.05) is 16.8 Å². The lowest BCUT2D eigenvalue weighted by Crippen LogP contribution is -2.22. The van der Waals surface area contributed by atoms with Crippen LogP contribution in [0.5, 0.6) is 0 Å². The zero-order chi connectivity index (χ0) is 14.4. The number of thiocarbonyl (C=S) groups is 1. The second-order valence-corrected chi connectivity index (χ2v) is 6.53. The van der Waals surface area contributed by atoms with Gasteiger partial charge in [0, 0.05) is 11.7 Å². The van der Waals surface area contributed by atoms with Crippen LogP contribution in [0.15, 0.2) is 6.07 Å². The topological polar surface area (TPSA) is 50.9 Å². The van der Waals surface area contributed by atoms with E-state index in [0.29, 0.717) is 11.0 Å². The number of thioether (sulfide) groups is 1. The largest absolute Gasteiger partial charge is 0.389 e. The predicted octanol–water partition coefficient (Wildman–Crippen LogP) is 3.28. The molecule has 0 fully saturated rings. The smallest absolute Gasteiger partial charge is 0.136 e. The average Bonchev–Trinajstić information content (AvgIpc) is 2.27. The fourth-order valence-corrected chi connectivity index (χ4v) is 3.03. The summed E-state index contributed by atoms with van der Waals surface area (Å²) in [6, 6.07) is 2.37. The van der Waals surface area contributed by atoms with Gasteiger partial charge in [-0.25, -0.2) is 4.98 Å². The fraction of sp³-hybridized carbons (Fsp3) is 0.571. The number of nitrogens with zero attached hydrogens (tertiary/aromatic N) is 1. The van der Waals surface area contributed by atoms with Crippen LogP contribution in [-0.4, -0.2) is 27.5 Å². The molecule has 1 rings (SSSR count).